The Hall–Kier alpha value is -1.95. The molecule has 0 N–H and O–H groups in total. The minimum atomic E-state index is -0.228. The number of ether oxygens (including phenoxy) is 1. The van der Waals surface area contributed by atoms with Crippen molar-refractivity contribution < 1.29 is 14.3 Å². The number of fused-ring (bicyclic) bond motifs is 1. The lowest BCUT2D eigenvalue weighted by molar-refractivity contribution is -0.156. The van der Waals surface area contributed by atoms with Crippen LogP contribution in [0.1, 0.15) is 50.1 Å². The second-order valence-corrected chi connectivity index (χ2v) is 7.71. The Kier molecular flexibility index (Phi) is 5.68. The zero-order chi connectivity index (χ0) is 17.8. The van der Waals surface area contributed by atoms with Crippen LogP contribution < -0.4 is 0 Å². The van der Waals surface area contributed by atoms with Crippen LogP contribution in [0.2, 0.25) is 0 Å². The molecule has 1 aromatic heterocycles. The number of hydrogen-bond acceptors (Lipinski definition) is 5. The summed E-state index contributed by atoms with van der Waals surface area (Å²) < 4.78 is 6.37. The Bertz CT molecular complexity index is 719. The zero-order valence-corrected chi connectivity index (χ0v) is 15.6. The van der Waals surface area contributed by atoms with E-state index in [1.165, 1.54) is 6.42 Å². The number of nitrogens with zero attached hydrogens (tertiary/aromatic N) is 2. The highest BCUT2D eigenvalue weighted by atomic mass is 32.1. The topological polar surface area (TPSA) is 59.5 Å². The maximum absolute atomic E-state index is 12.4. The molecule has 1 heterocycles. The van der Waals surface area contributed by atoms with E-state index >= 15 is 0 Å². The van der Waals surface area contributed by atoms with Gasteiger partial charge in [0.05, 0.1) is 22.2 Å². The van der Waals surface area contributed by atoms with Gasteiger partial charge in [-0.2, -0.15) is 0 Å². The van der Waals surface area contributed by atoms with Crippen molar-refractivity contribution in [3.63, 3.8) is 0 Å². The van der Waals surface area contributed by atoms with Crippen LogP contribution in [0.4, 0.5) is 0 Å². The number of thiazole rings is 1. The van der Waals surface area contributed by atoms with E-state index in [9.17, 15) is 9.59 Å². The average Bonchev–Trinajstić information content (AvgIpc) is 3.09. The van der Waals surface area contributed by atoms with Crippen LogP contribution >= 0.6 is 11.3 Å². The lowest BCUT2D eigenvalue weighted by Crippen LogP contribution is -2.34. The molecule has 1 atom stereocenters. The van der Waals surface area contributed by atoms with E-state index in [-0.39, 0.29) is 30.4 Å². The fourth-order valence-electron chi connectivity index (χ4n) is 3.14. The maximum atomic E-state index is 12.4. The zero-order valence-electron chi connectivity index (χ0n) is 14.7. The highest BCUT2D eigenvalue weighted by Gasteiger charge is 2.25. The standard InChI is InChI=1S/C19H24N2O3S/c1-13(18-20-15-10-6-7-11-16(15)25-18)21(2)17(22)12-24-19(23)14-8-4-3-5-9-14/h6-7,10-11,13-14H,3-5,8-9,12H2,1-2H3/t13-/m1/s1. The van der Waals surface area contributed by atoms with Crippen LogP contribution in [0.25, 0.3) is 10.2 Å². The molecule has 1 saturated carbocycles. The lowest BCUT2D eigenvalue weighted by atomic mass is 9.89. The summed E-state index contributed by atoms with van der Waals surface area (Å²) >= 11 is 1.59. The fraction of sp³-hybridized carbons (Fsp3) is 0.526. The van der Waals surface area contributed by atoms with Gasteiger partial charge in [0.2, 0.25) is 0 Å². The molecule has 0 saturated heterocycles. The number of hydrogen-bond donors (Lipinski definition) is 0. The van der Waals surface area contributed by atoms with Gasteiger partial charge in [-0.25, -0.2) is 4.98 Å². The number of likely N-dealkylation sites (N-methyl/N-ethyl adjacent to an activating group) is 1. The number of aromatic nitrogens is 1. The molecule has 0 spiro atoms. The summed E-state index contributed by atoms with van der Waals surface area (Å²) in [5, 5.41) is 0.885. The first-order chi connectivity index (χ1) is 12.1. The molecule has 1 amide bonds. The number of para-hydroxylation sites is 1. The molecule has 25 heavy (non-hydrogen) atoms. The second kappa shape index (κ2) is 7.95. The summed E-state index contributed by atoms with van der Waals surface area (Å²) in [5.41, 5.74) is 0.943. The predicted octanol–water partition coefficient (Wildman–Crippen LogP) is 3.94. The highest BCUT2D eigenvalue weighted by molar-refractivity contribution is 7.18. The number of benzene rings is 1. The summed E-state index contributed by atoms with van der Waals surface area (Å²) in [6.45, 7) is 1.75. The second-order valence-electron chi connectivity index (χ2n) is 6.64. The van der Waals surface area contributed by atoms with Crippen molar-refractivity contribution in [1.29, 1.82) is 0 Å². The number of esters is 1. The monoisotopic (exact) mass is 360 g/mol. The molecule has 0 bridgehead atoms. The number of rotatable bonds is 5. The van der Waals surface area contributed by atoms with Crippen molar-refractivity contribution in [2.75, 3.05) is 13.7 Å². The molecule has 1 aromatic carbocycles. The van der Waals surface area contributed by atoms with Crippen molar-refractivity contribution in [2.24, 2.45) is 5.92 Å². The van der Waals surface area contributed by atoms with Gasteiger partial charge >= 0.3 is 5.97 Å². The number of carbonyl (C=O) groups is 2. The minimum absolute atomic E-state index is 0.0338. The molecule has 134 valence electrons. The Labute approximate surface area is 152 Å². The van der Waals surface area contributed by atoms with E-state index in [0.717, 1.165) is 40.9 Å². The van der Waals surface area contributed by atoms with Gasteiger partial charge in [-0.05, 0) is 31.9 Å². The smallest absolute Gasteiger partial charge is 0.309 e. The van der Waals surface area contributed by atoms with Crippen LogP contribution in [-0.4, -0.2) is 35.4 Å². The molecule has 0 unspecified atom stereocenters. The Morgan fingerprint density at radius 3 is 2.72 bits per heavy atom. The third kappa shape index (κ3) is 4.18. The van der Waals surface area contributed by atoms with E-state index in [0.29, 0.717) is 0 Å². The third-order valence-electron chi connectivity index (χ3n) is 4.92. The highest BCUT2D eigenvalue weighted by Crippen LogP contribution is 2.29. The van der Waals surface area contributed by atoms with Gasteiger partial charge in [0, 0.05) is 7.05 Å². The van der Waals surface area contributed by atoms with Crippen LogP contribution in [0.5, 0.6) is 0 Å². The van der Waals surface area contributed by atoms with Crippen LogP contribution in [0, 0.1) is 5.92 Å². The van der Waals surface area contributed by atoms with Gasteiger partial charge in [-0.1, -0.05) is 31.4 Å². The normalized spacial score (nSPS) is 16.6. The van der Waals surface area contributed by atoms with Crippen LogP contribution in [0.3, 0.4) is 0 Å². The minimum Gasteiger partial charge on any atom is -0.455 e. The van der Waals surface area contributed by atoms with E-state index in [1.807, 2.05) is 31.2 Å². The molecular formula is C19H24N2O3S. The molecule has 5 nitrogen and oxygen atoms in total. The molecular weight excluding hydrogens is 336 g/mol. The van der Waals surface area contributed by atoms with Gasteiger partial charge in [-0.3, -0.25) is 9.59 Å². The van der Waals surface area contributed by atoms with E-state index in [2.05, 4.69) is 4.98 Å². The van der Waals surface area contributed by atoms with Crippen LogP contribution in [-0.2, 0) is 14.3 Å². The number of amides is 1. The van der Waals surface area contributed by atoms with E-state index in [1.54, 1.807) is 23.3 Å². The van der Waals surface area contributed by atoms with Crippen molar-refractivity contribution in [1.82, 2.24) is 9.88 Å². The molecule has 1 aliphatic carbocycles. The third-order valence-corrected chi connectivity index (χ3v) is 6.13. The first kappa shape index (κ1) is 17.9. The van der Waals surface area contributed by atoms with Gasteiger partial charge < -0.3 is 9.64 Å². The Morgan fingerprint density at radius 1 is 1.28 bits per heavy atom. The molecule has 6 heteroatoms. The maximum Gasteiger partial charge on any atom is 0.309 e. The predicted molar refractivity (Wildman–Crippen MR) is 98.3 cm³/mol. The van der Waals surface area contributed by atoms with Crippen molar-refractivity contribution in [3.8, 4) is 0 Å². The van der Waals surface area contributed by atoms with Crippen LogP contribution in [0.15, 0.2) is 24.3 Å². The SMILES string of the molecule is C[C@H](c1nc2ccccc2s1)N(C)C(=O)COC(=O)C1CCCCC1. The summed E-state index contributed by atoms with van der Waals surface area (Å²) in [4.78, 5) is 30.7. The van der Waals surface area contributed by atoms with Gasteiger partial charge in [0.1, 0.15) is 5.01 Å². The molecule has 2 aromatic rings. The first-order valence-corrected chi connectivity index (χ1v) is 9.65. The van der Waals surface area contributed by atoms with Gasteiger partial charge in [0.15, 0.2) is 6.61 Å². The largest absolute Gasteiger partial charge is 0.455 e. The van der Waals surface area contributed by atoms with E-state index in [4.69, 9.17) is 4.74 Å². The summed E-state index contributed by atoms with van der Waals surface area (Å²) in [6, 6.07) is 7.77. The molecule has 3 rings (SSSR count). The summed E-state index contributed by atoms with van der Waals surface area (Å²) in [6.07, 6.45) is 5.09. The van der Waals surface area contributed by atoms with Crippen molar-refractivity contribution in [3.05, 3.63) is 29.3 Å². The van der Waals surface area contributed by atoms with Gasteiger partial charge in [-0.15, -0.1) is 11.3 Å². The van der Waals surface area contributed by atoms with Gasteiger partial charge in [0.25, 0.3) is 5.91 Å². The molecule has 1 aliphatic rings. The quantitative estimate of drug-likeness (QED) is 0.758. The Morgan fingerprint density at radius 2 is 2.00 bits per heavy atom. The fourth-order valence-corrected chi connectivity index (χ4v) is 4.20. The Balaban J connectivity index is 1.56. The van der Waals surface area contributed by atoms with Crippen molar-refractivity contribution >= 4 is 33.4 Å². The summed E-state index contributed by atoms with van der Waals surface area (Å²) in [5.74, 6) is -0.460. The first-order valence-electron chi connectivity index (χ1n) is 8.84. The summed E-state index contributed by atoms with van der Waals surface area (Å²) in [7, 11) is 1.73. The lowest BCUT2D eigenvalue weighted by Gasteiger charge is -2.24. The van der Waals surface area contributed by atoms with E-state index < -0.39 is 0 Å². The molecule has 1 fully saturated rings. The number of carbonyl (C=O) groups excluding carboxylic acids is 2. The average molecular weight is 360 g/mol. The molecule has 0 aliphatic heterocycles. The van der Waals surface area contributed by atoms with Crippen molar-refractivity contribution in [2.45, 2.75) is 45.1 Å². The molecule has 0 radical (unpaired) electrons.